The Morgan fingerprint density at radius 3 is 2.74 bits per heavy atom. The Bertz CT molecular complexity index is 1400. The Labute approximate surface area is 198 Å². The zero-order valence-corrected chi connectivity index (χ0v) is 19.1. The highest BCUT2D eigenvalue weighted by Gasteiger charge is 2.21. The van der Waals surface area contributed by atoms with Gasteiger partial charge in [0, 0.05) is 28.8 Å². The Balaban J connectivity index is 1.58. The molecule has 0 atom stereocenters. The highest BCUT2D eigenvalue weighted by atomic mass is 16.1. The Kier molecular flexibility index (Phi) is 5.96. The summed E-state index contributed by atoms with van der Waals surface area (Å²) in [6, 6.07) is 19.8. The van der Waals surface area contributed by atoms with Crippen molar-refractivity contribution in [2.75, 3.05) is 11.9 Å². The smallest absolute Gasteiger partial charge is 0.252 e. The van der Waals surface area contributed by atoms with Crippen molar-refractivity contribution in [2.45, 2.75) is 39.2 Å². The van der Waals surface area contributed by atoms with Gasteiger partial charge in [-0.15, -0.1) is 0 Å². The van der Waals surface area contributed by atoms with Crippen LogP contribution in [0.2, 0.25) is 0 Å². The highest BCUT2D eigenvalue weighted by Crippen LogP contribution is 2.30. The minimum atomic E-state index is -0.263. The van der Waals surface area contributed by atoms with E-state index in [1.165, 1.54) is 11.1 Å². The highest BCUT2D eigenvalue weighted by molar-refractivity contribution is 6.07. The number of carbonyl (C=O) groups is 1. The first-order valence-electron chi connectivity index (χ1n) is 11.6. The van der Waals surface area contributed by atoms with Gasteiger partial charge in [-0.25, -0.2) is 4.98 Å². The summed E-state index contributed by atoms with van der Waals surface area (Å²) in [6.07, 6.45) is 4.17. The van der Waals surface area contributed by atoms with Gasteiger partial charge in [-0.1, -0.05) is 36.4 Å². The molecule has 4 aromatic rings. The summed E-state index contributed by atoms with van der Waals surface area (Å²) in [7, 11) is 0. The molecule has 5 rings (SSSR count). The van der Waals surface area contributed by atoms with Crippen LogP contribution in [-0.2, 0) is 19.4 Å². The summed E-state index contributed by atoms with van der Waals surface area (Å²) in [5.41, 5.74) is 5.84. The van der Waals surface area contributed by atoms with E-state index in [0.717, 1.165) is 53.8 Å². The summed E-state index contributed by atoms with van der Waals surface area (Å²) in [5.74, 6) is 1.23. The molecule has 0 saturated carbocycles. The summed E-state index contributed by atoms with van der Waals surface area (Å²) in [4.78, 5) is 22.6. The molecule has 1 aliphatic carbocycles. The number of nitrogens with zero attached hydrogens (tertiary/aromatic N) is 4. The number of carbonyl (C=O) groups excluding carboxylic acids is 1. The van der Waals surface area contributed by atoms with Gasteiger partial charge in [0.1, 0.15) is 12.4 Å². The van der Waals surface area contributed by atoms with Gasteiger partial charge in [0.15, 0.2) is 0 Å². The second-order valence-corrected chi connectivity index (χ2v) is 8.54. The number of nitriles is 1. The van der Waals surface area contributed by atoms with Gasteiger partial charge in [-0.05, 0) is 56.4 Å². The van der Waals surface area contributed by atoms with Crippen molar-refractivity contribution >= 4 is 22.6 Å². The zero-order valence-electron chi connectivity index (χ0n) is 19.1. The van der Waals surface area contributed by atoms with Crippen LogP contribution in [-0.4, -0.2) is 27.0 Å². The maximum Gasteiger partial charge on any atom is 0.252 e. The number of nitrogens with one attached hydrogen (secondary N) is 2. The molecule has 2 aromatic heterocycles. The number of amides is 1. The van der Waals surface area contributed by atoms with Crippen LogP contribution in [0, 0.1) is 18.3 Å². The fourth-order valence-electron chi connectivity index (χ4n) is 4.65. The van der Waals surface area contributed by atoms with E-state index in [2.05, 4.69) is 22.8 Å². The molecule has 1 amide bonds. The van der Waals surface area contributed by atoms with Crippen LogP contribution < -0.4 is 10.6 Å². The predicted octanol–water partition coefficient (Wildman–Crippen LogP) is 4.47. The maximum absolute atomic E-state index is 12.6. The number of hydrogen-bond donors (Lipinski definition) is 2. The van der Waals surface area contributed by atoms with Gasteiger partial charge >= 0.3 is 0 Å². The van der Waals surface area contributed by atoms with E-state index in [1.54, 1.807) is 6.07 Å². The van der Waals surface area contributed by atoms with E-state index in [0.29, 0.717) is 18.1 Å². The second kappa shape index (κ2) is 9.36. The van der Waals surface area contributed by atoms with Gasteiger partial charge in [-0.2, -0.15) is 10.2 Å². The molecule has 0 unspecified atom stereocenters. The topological polar surface area (TPSA) is 95.6 Å². The molecule has 34 heavy (non-hydrogen) atoms. The number of rotatable bonds is 6. The van der Waals surface area contributed by atoms with E-state index in [4.69, 9.17) is 15.2 Å². The molecule has 7 nitrogen and oxygen atoms in total. The third kappa shape index (κ3) is 4.11. The van der Waals surface area contributed by atoms with Crippen molar-refractivity contribution in [3.05, 3.63) is 82.7 Å². The molecule has 2 N–H and O–H groups in total. The average Bonchev–Trinajstić information content (AvgIpc) is 3.22. The van der Waals surface area contributed by atoms with E-state index in [1.807, 2.05) is 54.0 Å². The van der Waals surface area contributed by atoms with Crippen LogP contribution in [0.15, 0.2) is 54.6 Å². The minimum Gasteiger partial charge on any atom is -0.366 e. The lowest BCUT2D eigenvalue weighted by Gasteiger charge is -2.21. The maximum atomic E-state index is 12.6. The summed E-state index contributed by atoms with van der Waals surface area (Å²) in [6.45, 7) is 2.66. The molecule has 0 saturated heterocycles. The van der Waals surface area contributed by atoms with Gasteiger partial charge in [-0.3, -0.25) is 9.36 Å². The van der Waals surface area contributed by atoms with Gasteiger partial charge < -0.3 is 10.6 Å². The lowest BCUT2D eigenvalue weighted by molar-refractivity contribution is 0.0960. The van der Waals surface area contributed by atoms with Crippen LogP contribution >= 0.6 is 0 Å². The Morgan fingerprint density at radius 1 is 1.09 bits per heavy atom. The predicted molar refractivity (Wildman–Crippen MR) is 132 cm³/mol. The molecule has 0 bridgehead atoms. The van der Waals surface area contributed by atoms with Crippen LogP contribution in [0.5, 0.6) is 0 Å². The fourth-order valence-corrected chi connectivity index (χ4v) is 4.65. The minimum absolute atomic E-state index is 0.0285. The van der Waals surface area contributed by atoms with Crippen molar-refractivity contribution in [1.82, 2.24) is 19.9 Å². The SMILES string of the molecule is Cc1cc2c(C(=O)NCC#N)cccc2n1-c1nc2c(c(NCc3ccccc3)n1)CCCC2. The lowest BCUT2D eigenvalue weighted by Crippen LogP contribution is -2.23. The standard InChI is InChI=1S/C27H26N6O/c1-18-16-22-20(26(34)29-15-14-28)11-7-13-24(22)33(18)27-31-23-12-6-5-10-21(23)25(32-27)30-17-19-8-3-2-4-9-19/h2-4,7-9,11,13,16H,5-6,10,12,15,17H2,1H3,(H,29,34)(H,30,31,32). The van der Waals surface area contributed by atoms with E-state index >= 15 is 0 Å². The second-order valence-electron chi connectivity index (χ2n) is 8.54. The van der Waals surface area contributed by atoms with Crippen molar-refractivity contribution in [3.8, 4) is 12.0 Å². The Hall–Kier alpha value is -4.18. The van der Waals surface area contributed by atoms with Crippen molar-refractivity contribution in [2.24, 2.45) is 0 Å². The van der Waals surface area contributed by atoms with Crippen molar-refractivity contribution in [3.63, 3.8) is 0 Å². The van der Waals surface area contributed by atoms with Crippen molar-refractivity contribution < 1.29 is 4.79 Å². The normalized spacial score (nSPS) is 12.7. The monoisotopic (exact) mass is 450 g/mol. The first-order valence-corrected chi connectivity index (χ1v) is 11.6. The number of benzene rings is 2. The van der Waals surface area contributed by atoms with Crippen LogP contribution in [0.3, 0.4) is 0 Å². The van der Waals surface area contributed by atoms with Crippen LogP contribution in [0.25, 0.3) is 16.9 Å². The van der Waals surface area contributed by atoms with Crippen LogP contribution in [0.1, 0.15) is 45.7 Å². The number of aryl methyl sites for hydroxylation is 2. The lowest BCUT2D eigenvalue weighted by atomic mass is 9.96. The number of anilines is 1. The number of aromatic nitrogens is 3. The first kappa shape index (κ1) is 21.7. The summed E-state index contributed by atoms with van der Waals surface area (Å²) in [5, 5.41) is 15.8. The molecular weight excluding hydrogens is 424 g/mol. The molecule has 0 aliphatic heterocycles. The molecule has 1 aliphatic rings. The van der Waals surface area contributed by atoms with Gasteiger partial charge in [0.2, 0.25) is 5.95 Å². The molecule has 7 heteroatoms. The average molecular weight is 451 g/mol. The quantitative estimate of drug-likeness (QED) is 0.423. The summed E-state index contributed by atoms with van der Waals surface area (Å²) >= 11 is 0. The molecule has 0 radical (unpaired) electrons. The molecular formula is C27H26N6O. The van der Waals surface area contributed by atoms with Gasteiger partial charge in [0.25, 0.3) is 5.91 Å². The van der Waals surface area contributed by atoms with Gasteiger partial charge in [0.05, 0.1) is 17.3 Å². The molecule has 2 aromatic carbocycles. The third-order valence-electron chi connectivity index (χ3n) is 6.28. The largest absolute Gasteiger partial charge is 0.366 e. The zero-order chi connectivity index (χ0) is 23.5. The fraction of sp³-hybridized carbons (Fsp3) is 0.259. The molecule has 0 spiro atoms. The summed E-state index contributed by atoms with van der Waals surface area (Å²) < 4.78 is 2.01. The van der Waals surface area contributed by atoms with E-state index in [9.17, 15) is 4.79 Å². The number of fused-ring (bicyclic) bond motifs is 2. The Morgan fingerprint density at radius 2 is 1.91 bits per heavy atom. The van der Waals surface area contributed by atoms with E-state index < -0.39 is 0 Å². The molecule has 2 heterocycles. The molecule has 170 valence electrons. The van der Waals surface area contributed by atoms with Crippen LogP contribution in [0.4, 0.5) is 5.82 Å². The first-order chi connectivity index (χ1) is 16.7. The number of hydrogen-bond acceptors (Lipinski definition) is 5. The molecule has 0 fully saturated rings. The van der Waals surface area contributed by atoms with Crippen molar-refractivity contribution in [1.29, 1.82) is 5.26 Å². The third-order valence-corrected chi connectivity index (χ3v) is 6.28. The van der Waals surface area contributed by atoms with E-state index in [-0.39, 0.29) is 12.5 Å².